The minimum atomic E-state index is 0.239. The van der Waals surface area contributed by atoms with Gasteiger partial charge in [0.15, 0.2) is 0 Å². The van der Waals surface area contributed by atoms with Crippen molar-refractivity contribution in [1.82, 2.24) is 19.6 Å². The smallest absolute Gasteiger partial charge is 0.122 e. The average molecular weight is 387 g/mol. The van der Waals surface area contributed by atoms with Crippen LogP contribution in [0.25, 0.3) is 0 Å². The molecule has 1 saturated heterocycles. The highest BCUT2D eigenvalue weighted by molar-refractivity contribution is 5.43. The van der Waals surface area contributed by atoms with Gasteiger partial charge >= 0.3 is 0 Å². The van der Waals surface area contributed by atoms with Gasteiger partial charge in [0, 0.05) is 64.3 Å². The first-order chi connectivity index (χ1) is 13.6. The fourth-order valence-electron chi connectivity index (χ4n) is 4.14. The number of hydrogen-bond donors (Lipinski definition) is 1. The summed E-state index contributed by atoms with van der Waals surface area (Å²) < 4.78 is 7.45. The molecule has 6 heteroatoms. The third-order valence-corrected chi connectivity index (χ3v) is 6.01. The molecule has 6 nitrogen and oxygen atoms in total. The Bertz CT molecular complexity index is 732. The maximum absolute atomic E-state index is 9.58. The van der Waals surface area contributed by atoms with E-state index in [1.807, 2.05) is 23.1 Å². The molecular weight excluding hydrogens is 352 g/mol. The minimum absolute atomic E-state index is 0.239. The Morgan fingerprint density at radius 2 is 2.04 bits per heavy atom. The van der Waals surface area contributed by atoms with E-state index < -0.39 is 0 Å². The Labute approximate surface area is 168 Å². The van der Waals surface area contributed by atoms with Crippen molar-refractivity contribution in [1.29, 1.82) is 0 Å². The van der Waals surface area contributed by atoms with Crippen LogP contribution in [0.3, 0.4) is 0 Å². The van der Waals surface area contributed by atoms with E-state index in [0.717, 1.165) is 57.9 Å². The summed E-state index contributed by atoms with van der Waals surface area (Å²) in [6.45, 7) is 10.7. The Balaban J connectivity index is 1.57. The highest BCUT2D eigenvalue weighted by Crippen LogP contribution is 2.26. The van der Waals surface area contributed by atoms with E-state index in [1.54, 1.807) is 7.11 Å². The maximum atomic E-state index is 9.58. The number of aromatic nitrogens is 2. The maximum Gasteiger partial charge on any atom is 0.122 e. The van der Waals surface area contributed by atoms with Crippen LogP contribution in [0.1, 0.15) is 29.5 Å². The molecule has 1 fully saturated rings. The Hall–Kier alpha value is -1.89. The zero-order valence-corrected chi connectivity index (χ0v) is 17.5. The van der Waals surface area contributed by atoms with Crippen molar-refractivity contribution >= 4 is 0 Å². The number of benzene rings is 1. The molecule has 3 rings (SSSR count). The summed E-state index contributed by atoms with van der Waals surface area (Å²) in [5.41, 5.74) is 3.88. The van der Waals surface area contributed by atoms with E-state index in [9.17, 15) is 5.11 Å². The molecule has 0 radical (unpaired) electrons. The zero-order chi connectivity index (χ0) is 19.9. The van der Waals surface area contributed by atoms with Crippen molar-refractivity contribution < 1.29 is 9.84 Å². The molecular formula is C22H34N4O2. The second kappa shape index (κ2) is 10.0. The van der Waals surface area contributed by atoms with Gasteiger partial charge in [-0.1, -0.05) is 6.07 Å². The van der Waals surface area contributed by atoms with Crippen LogP contribution < -0.4 is 4.74 Å². The molecule has 1 atom stereocenters. The largest absolute Gasteiger partial charge is 0.496 e. The van der Waals surface area contributed by atoms with E-state index in [1.165, 1.54) is 16.7 Å². The summed E-state index contributed by atoms with van der Waals surface area (Å²) in [6, 6.07) is 6.63. The van der Waals surface area contributed by atoms with E-state index in [-0.39, 0.29) is 6.61 Å². The van der Waals surface area contributed by atoms with Crippen LogP contribution >= 0.6 is 0 Å². The molecule has 0 unspecified atom stereocenters. The first-order valence-electron chi connectivity index (χ1n) is 10.3. The van der Waals surface area contributed by atoms with Crippen molar-refractivity contribution in [2.45, 2.75) is 45.8 Å². The minimum Gasteiger partial charge on any atom is -0.496 e. The Morgan fingerprint density at radius 3 is 2.75 bits per heavy atom. The summed E-state index contributed by atoms with van der Waals surface area (Å²) in [6.07, 6.45) is 5.78. The van der Waals surface area contributed by atoms with Crippen molar-refractivity contribution in [3.63, 3.8) is 0 Å². The third kappa shape index (κ3) is 5.13. The van der Waals surface area contributed by atoms with Crippen LogP contribution in [-0.2, 0) is 13.1 Å². The molecule has 0 spiro atoms. The SMILES string of the molecule is COc1ccc(CN2CCN(CCCn3cccn3)C[C@H]2CCO)c(C)c1C. The van der Waals surface area contributed by atoms with Gasteiger partial charge in [0.05, 0.1) is 7.11 Å². The lowest BCUT2D eigenvalue weighted by Gasteiger charge is -2.41. The Kier molecular flexibility index (Phi) is 7.48. The highest BCUT2D eigenvalue weighted by Gasteiger charge is 2.27. The molecule has 2 heterocycles. The predicted octanol–water partition coefficient (Wildman–Crippen LogP) is 2.47. The molecule has 1 N–H and O–H groups in total. The van der Waals surface area contributed by atoms with Crippen molar-refractivity contribution in [3.8, 4) is 5.75 Å². The molecule has 0 amide bonds. The number of aryl methyl sites for hydroxylation is 1. The quantitative estimate of drug-likeness (QED) is 0.718. The van der Waals surface area contributed by atoms with Crippen molar-refractivity contribution in [3.05, 3.63) is 47.3 Å². The van der Waals surface area contributed by atoms with Gasteiger partial charge in [0.2, 0.25) is 0 Å². The number of aliphatic hydroxyl groups is 1. The zero-order valence-electron chi connectivity index (χ0n) is 17.5. The lowest BCUT2D eigenvalue weighted by molar-refractivity contribution is 0.0524. The van der Waals surface area contributed by atoms with Gasteiger partial charge in [-0.3, -0.25) is 9.58 Å². The van der Waals surface area contributed by atoms with E-state index >= 15 is 0 Å². The fraction of sp³-hybridized carbons (Fsp3) is 0.591. The standard InChI is InChI=1S/C22H34N4O2/c1-18-19(2)22(28-3)7-6-20(18)16-25-14-13-24(17-21(25)8-15-27)10-5-12-26-11-4-9-23-26/h4,6-7,9,11,21,27H,5,8,10,12-17H2,1-3H3/t21-/m1/s1. The molecule has 1 aromatic heterocycles. The Morgan fingerprint density at radius 1 is 1.18 bits per heavy atom. The van der Waals surface area contributed by atoms with Crippen LogP contribution in [0.5, 0.6) is 5.75 Å². The van der Waals surface area contributed by atoms with Crippen LogP contribution in [0, 0.1) is 13.8 Å². The summed E-state index contributed by atoms with van der Waals surface area (Å²) >= 11 is 0. The molecule has 1 aromatic carbocycles. The summed E-state index contributed by atoms with van der Waals surface area (Å²) in [7, 11) is 1.73. The molecule has 1 aliphatic rings. The number of rotatable bonds is 9. The number of ether oxygens (including phenoxy) is 1. The second-order valence-electron chi connectivity index (χ2n) is 7.74. The molecule has 1 aliphatic heterocycles. The van der Waals surface area contributed by atoms with Crippen LogP contribution in [0.2, 0.25) is 0 Å². The number of nitrogens with zero attached hydrogens (tertiary/aromatic N) is 4. The van der Waals surface area contributed by atoms with Crippen molar-refractivity contribution in [2.24, 2.45) is 0 Å². The fourth-order valence-corrected chi connectivity index (χ4v) is 4.14. The van der Waals surface area contributed by atoms with Gasteiger partial charge in [0.25, 0.3) is 0 Å². The highest BCUT2D eigenvalue weighted by atomic mass is 16.5. The summed E-state index contributed by atoms with van der Waals surface area (Å²) in [5.74, 6) is 0.954. The molecule has 28 heavy (non-hydrogen) atoms. The van der Waals surface area contributed by atoms with Crippen molar-refractivity contribution in [2.75, 3.05) is 39.9 Å². The first kappa shape index (κ1) is 20.8. The molecule has 154 valence electrons. The van der Waals surface area contributed by atoms with Gasteiger partial charge in [0.1, 0.15) is 5.75 Å². The van der Waals surface area contributed by atoms with Crippen LogP contribution in [0.4, 0.5) is 0 Å². The lowest BCUT2D eigenvalue weighted by Crippen LogP contribution is -2.53. The van der Waals surface area contributed by atoms with Gasteiger partial charge in [-0.2, -0.15) is 5.10 Å². The third-order valence-electron chi connectivity index (χ3n) is 6.01. The van der Waals surface area contributed by atoms with E-state index in [0.29, 0.717) is 6.04 Å². The number of piperazine rings is 1. The van der Waals surface area contributed by atoms with Gasteiger partial charge in [-0.25, -0.2) is 0 Å². The number of hydrogen-bond acceptors (Lipinski definition) is 5. The monoisotopic (exact) mass is 386 g/mol. The van der Waals surface area contributed by atoms with Crippen LogP contribution in [0.15, 0.2) is 30.6 Å². The lowest BCUT2D eigenvalue weighted by atomic mass is 10.00. The topological polar surface area (TPSA) is 53.8 Å². The molecule has 2 aromatic rings. The van der Waals surface area contributed by atoms with Gasteiger partial charge < -0.3 is 14.7 Å². The summed E-state index contributed by atoms with van der Waals surface area (Å²) in [5, 5.41) is 13.9. The molecule has 0 bridgehead atoms. The molecule has 0 aliphatic carbocycles. The van der Waals surface area contributed by atoms with Crippen LogP contribution in [-0.4, -0.2) is 70.6 Å². The van der Waals surface area contributed by atoms with Gasteiger partial charge in [-0.05, 0) is 55.5 Å². The van der Waals surface area contributed by atoms with E-state index in [2.05, 4.69) is 40.9 Å². The van der Waals surface area contributed by atoms with Gasteiger partial charge in [-0.15, -0.1) is 0 Å². The summed E-state index contributed by atoms with van der Waals surface area (Å²) in [4.78, 5) is 5.07. The number of methoxy groups -OCH3 is 1. The normalized spacial score (nSPS) is 18.5. The second-order valence-corrected chi connectivity index (χ2v) is 7.74. The average Bonchev–Trinajstić information content (AvgIpc) is 3.21. The predicted molar refractivity (Wildman–Crippen MR) is 112 cm³/mol. The number of aliphatic hydroxyl groups excluding tert-OH is 1. The first-order valence-corrected chi connectivity index (χ1v) is 10.3. The van der Waals surface area contributed by atoms with E-state index in [4.69, 9.17) is 4.74 Å². The molecule has 0 saturated carbocycles.